The van der Waals surface area contributed by atoms with Gasteiger partial charge in [0.25, 0.3) is 0 Å². The van der Waals surface area contributed by atoms with Crippen LogP contribution in [0.4, 0.5) is 0 Å². The molecule has 0 atom stereocenters. The van der Waals surface area contributed by atoms with Crippen LogP contribution < -0.4 is 4.74 Å². The van der Waals surface area contributed by atoms with Crippen LogP contribution in [0.5, 0.6) is 5.75 Å². The van der Waals surface area contributed by atoms with Gasteiger partial charge in [-0.2, -0.15) is 0 Å². The van der Waals surface area contributed by atoms with Crippen molar-refractivity contribution in [3.05, 3.63) is 65.2 Å². The Morgan fingerprint density at radius 1 is 1.14 bits per heavy atom. The summed E-state index contributed by atoms with van der Waals surface area (Å²) >= 11 is 0. The summed E-state index contributed by atoms with van der Waals surface area (Å²) in [4.78, 5) is 21.8. The smallest absolute Gasteiger partial charge is 0.339 e. The molecule has 0 amide bonds. The maximum absolute atomic E-state index is 11.1. The van der Waals surface area contributed by atoms with Gasteiger partial charge in [0, 0.05) is 5.56 Å². The second-order valence-electron chi connectivity index (χ2n) is 4.62. The first-order valence-corrected chi connectivity index (χ1v) is 6.70. The molecule has 0 saturated heterocycles. The summed E-state index contributed by atoms with van der Waals surface area (Å²) in [5.41, 5.74) is 1.55. The zero-order chi connectivity index (χ0) is 15.1. The fourth-order valence-electron chi connectivity index (χ4n) is 2.02. The Kier molecular flexibility index (Phi) is 5.10. The lowest BCUT2D eigenvalue weighted by Gasteiger charge is -2.09. The zero-order valence-electron chi connectivity index (χ0n) is 11.5. The second-order valence-corrected chi connectivity index (χ2v) is 4.62. The first-order chi connectivity index (χ1) is 10.2. The average Bonchev–Trinajstić information content (AvgIpc) is 2.52. The molecule has 2 aromatic carbocycles. The molecule has 21 heavy (non-hydrogen) atoms. The van der Waals surface area contributed by atoms with E-state index in [9.17, 15) is 9.59 Å². The Bertz CT molecular complexity index is 620. The Hall–Kier alpha value is -2.62. The SMILES string of the molecule is O=Cc1ccc(OCCCc2ccccc2)c(C(=O)O)c1. The van der Waals surface area contributed by atoms with Crippen LogP contribution in [0.15, 0.2) is 48.5 Å². The highest BCUT2D eigenvalue weighted by molar-refractivity contribution is 5.93. The van der Waals surface area contributed by atoms with Crippen LogP contribution in [0, 0.1) is 0 Å². The van der Waals surface area contributed by atoms with Gasteiger partial charge < -0.3 is 9.84 Å². The summed E-state index contributed by atoms with van der Waals surface area (Å²) in [6.07, 6.45) is 2.28. The quantitative estimate of drug-likeness (QED) is 0.626. The number of carboxylic acids is 1. The van der Waals surface area contributed by atoms with Crippen molar-refractivity contribution in [2.24, 2.45) is 0 Å². The van der Waals surface area contributed by atoms with E-state index in [2.05, 4.69) is 0 Å². The van der Waals surface area contributed by atoms with Crippen LogP contribution in [-0.2, 0) is 6.42 Å². The minimum atomic E-state index is -1.10. The monoisotopic (exact) mass is 284 g/mol. The van der Waals surface area contributed by atoms with Gasteiger partial charge in [0.05, 0.1) is 6.61 Å². The van der Waals surface area contributed by atoms with Crippen LogP contribution in [0.1, 0.15) is 32.7 Å². The number of aryl methyl sites for hydroxylation is 1. The van der Waals surface area contributed by atoms with Crippen molar-refractivity contribution in [3.8, 4) is 5.75 Å². The molecule has 0 spiro atoms. The molecule has 4 heteroatoms. The largest absolute Gasteiger partial charge is 0.493 e. The molecule has 0 saturated carbocycles. The summed E-state index contributed by atoms with van der Waals surface area (Å²) in [5, 5.41) is 9.12. The van der Waals surface area contributed by atoms with Crippen LogP contribution in [0.2, 0.25) is 0 Å². The van der Waals surface area contributed by atoms with Gasteiger partial charge in [-0.3, -0.25) is 4.79 Å². The Labute approximate surface area is 123 Å². The van der Waals surface area contributed by atoms with E-state index in [0.717, 1.165) is 12.8 Å². The van der Waals surface area contributed by atoms with Crippen LogP contribution in [0.25, 0.3) is 0 Å². The van der Waals surface area contributed by atoms with Gasteiger partial charge in [-0.1, -0.05) is 30.3 Å². The van der Waals surface area contributed by atoms with Crippen molar-refractivity contribution in [2.45, 2.75) is 12.8 Å². The molecule has 0 radical (unpaired) electrons. The summed E-state index contributed by atoms with van der Waals surface area (Å²) in [7, 11) is 0. The van der Waals surface area contributed by atoms with Crippen molar-refractivity contribution < 1.29 is 19.4 Å². The molecule has 0 heterocycles. The third-order valence-electron chi connectivity index (χ3n) is 3.08. The summed E-state index contributed by atoms with van der Waals surface area (Å²) in [6, 6.07) is 14.4. The molecule has 108 valence electrons. The van der Waals surface area contributed by atoms with E-state index in [0.29, 0.717) is 24.2 Å². The molecule has 0 aliphatic carbocycles. The molecule has 0 bridgehead atoms. The molecule has 1 N–H and O–H groups in total. The zero-order valence-corrected chi connectivity index (χ0v) is 11.5. The maximum atomic E-state index is 11.1. The number of aromatic carboxylic acids is 1. The lowest BCUT2D eigenvalue weighted by molar-refractivity contribution is 0.0692. The van der Waals surface area contributed by atoms with E-state index in [-0.39, 0.29) is 5.56 Å². The number of aldehydes is 1. The molecule has 4 nitrogen and oxygen atoms in total. The van der Waals surface area contributed by atoms with E-state index < -0.39 is 5.97 Å². The molecule has 0 unspecified atom stereocenters. The minimum absolute atomic E-state index is 0.0133. The Morgan fingerprint density at radius 3 is 2.57 bits per heavy atom. The molecule has 0 aromatic heterocycles. The molecule has 0 aliphatic rings. The van der Waals surface area contributed by atoms with Crippen LogP contribution in [-0.4, -0.2) is 24.0 Å². The van der Waals surface area contributed by atoms with Crippen molar-refractivity contribution in [1.82, 2.24) is 0 Å². The van der Waals surface area contributed by atoms with Crippen LogP contribution >= 0.6 is 0 Å². The van der Waals surface area contributed by atoms with Gasteiger partial charge in [-0.05, 0) is 36.6 Å². The van der Waals surface area contributed by atoms with E-state index in [1.54, 1.807) is 6.07 Å². The molecular formula is C17H16O4. The van der Waals surface area contributed by atoms with Crippen molar-refractivity contribution >= 4 is 12.3 Å². The van der Waals surface area contributed by atoms with E-state index in [1.165, 1.54) is 17.7 Å². The highest BCUT2D eigenvalue weighted by Crippen LogP contribution is 2.20. The topological polar surface area (TPSA) is 63.6 Å². The maximum Gasteiger partial charge on any atom is 0.339 e. The van der Waals surface area contributed by atoms with Gasteiger partial charge >= 0.3 is 5.97 Å². The number of hydrogen-bond donors (Lipinski definition) is 1. The molecule has 2 aromatic rings. The van der Waals surface area contributed by atoms with E-state index in [4.69, 9.17) is 9.84 Å². The standard InChI is InChI=1S/C17H16O4/c18-12-14-8-9-16(15(11-14)17(19)20)21-10-4-7-13-5-2-1-3-6-13/h1-3,5-6,8-9,11-12H,4,7,10H2,(H,19,20). The molecule has 0 aliphatic heterocycles. The second kappa shape index (κ2) is 7.24. The van der Waals surface area contributed by atoms with Gasteiger partial charge in [-0.15, -0.1) is 0 Å². The molecule has 2 rings (SSSR count). The summed E-state index contributed by atoms with van der Waals surface area (Å²) in [5.74, 6) is -0.807. The highest BCUT2D eigenvalue weighted by atomic mass is 16.5. The third kappa shape index (κ3) is 4.18. The van der Waals surface area contributed by atoms with Gasteiger partial charge in [-0.25, -0.2) is 4.79 Å². The normalized spacial score (nSPS) is 10.1. The van der Waals surface area contributed by atoms with Gasteiger partial charge in [0.1, 0.15) is 17.6 Å². The lowest BCUT2D eigenvalue weighted by Crippen LogP contribution is -2.06. The number of carboxylic acid groups (broad SMARTS) is 1. The molecular weight excluding hydrogens is 268 g/mol. The molecule has 0 fully saturated rings. The highest BCUT2D eigenvalue weighted by Gasteiger charge is 2.12. The fraction of sp³-hybridized carbons (Fsp3) is 0.176. The number of ether oxygens (including phenoxy) is 1. The third-order valence-corrected chi connectivity index (χ3v) is 3.08. The fourth-order valence-corrected chi connectivity index (χ4v) is 2.02. The number of hydrogen-bond acceptors (Lipinski definition) is 3. The number of rotatable bonds is 7. The van der Waals surface area contributed by atoms with E-state index in [1.807, 2.05) is 30.3 Å². The number of carbonyl (C=O) groups is 2. The number of carbonyl (C=O) groups excluding carboxylic acids is 1. The van der Waals surface area contributed by atoms with Crippen molar-refractivity contribution in [3.63, 3.8) is 0 Å². The first kappa shape index (κ1) is 14.8. The van der Waals surface area contributed by atoms with E-state index >= 15 is 0 Å². The predicted molar refractivity (Wildman–Crippen MR) is 79.0 cm³/mol. The predicted octanol–water partition coefficient (Wildman–Crippen LogP) is 3.21. The lowest BCUT2D eigenvalue weighted by atomic mass is 10.1. The summed E-state index contributed by atoms with van der Waals surface area (Å²) < 4.78 is 5.52. The van der Waals surface area contributed by atoms with Crippen molar-refractivity contribution in [1.29, 1.82) is 0 Å². The van der Waals surface area contributed by atoms with Gasteiger partial charge in [0.15, 0.2) is 0 Å². The average molecular weight is 284 g/mol. The Morgan fingerprint density at radius 2 is 1.90 bits per heavy atom. The van der Waals surface area contributed by atoms with Crippen LogP contribution in [0.3, 0.4) is 0 Å². The van der Waals surface area contributed by atoms with Gasteiger partial charge in [0.2, 0.25) is 0 Å². The summed E-state index contributed by atoms with van der Waals surface area (Å²) in [6.45, 7) is 0.426. The Balaban J connectivity index is 1.93. The minimum Gasteiger partial charge on any atom is -0.493 e. The number of benzene rings is 2. The van der Waals surface area contributed by atoms with Crippen molar-refractivity contribution in [2.75, 3.05) is 6.61 Å². The first-order valence-electron chi connectivity index (χ1n) is 6.70.